The first-order chi connectivity index (χ1) is 10.6. The molecular formula is C17H22FN3O. The zero-order valence-corrected chi connectivity index (χ0v) is 12.8. The van der Waals surface area contributed by atoms with E-state index in [1.165, 1.54) is 25.0 Å². The molecule has 1 aliphatic rings. The Bertz CT molecular complexity index is 667. The average Bonchev–Trinajstić information content (AvgIpc) is 3.06. The molecule has 0 aliphatic heterocycles. The summed E-state index contributed by atoms with van der Waals surface area (Å²) >= 11 is 0. The van der Waals surface area contributed by atoms with E-state index in [2.05, 4.69) is 22.5 Å². The van der Waals surface area contributed by atoms with E-state index in [9.17, 15) is 9.18 Å². The lowest BCUT2D eigenvalue weighted by molar-refractivity contribution is 0.234. The summed E-state index contributed by atoms with van der Waals surface area (Å²) < 4.78 is 13.3. The maximum atomic E-state index is 13.3. The second-order valence-corrected chi connectivity index (χ2v) is 6.17. The molecule has 0 bridgehead atoms. The summed E-state index contributed by atoms with van der Waals surface area (Å²) in [7, 11) is 0. The Labute approximate surface area is 129 Å². The molecule has 0 saturated heterocycles. The third-order valence-corrected chi connectivity index (χ3v) is 4.59. The van der Waals surface area contributed by atoms with Crippen LogP contribution in [0.4, 0.5) is 9.18 Å². The van der Waals surface area contributed by atoms with Crippen molar-refractivity contribution in [3.63, 3.8) is 0 Å². The van der Waals surface area contributed by atoms with Crippen LogP contribution in [0.2, 0.25) is 0 Å². The Morgan fingerprint density at radius 2 is 2.27 bits per heavy atom. The van der Waals surface area contributed by atoms with Gasteiger partial charge in [-0.3, -0.25) is 0 Å². The molecule has 2 aromatic rings. The zero-order chi connectivity index (χ0) is 15.5. The van der Waals surface area contributed by atoms with Crippen LogP contribution in [0.5, 0.6) is 0 Å². The van der Waals surface area contributed by atoms with Gasteiger partial charge in [0.05, 0.1) is 0 Å². The fourth-order valence-corrected chi connectivity index (χ4v) is 3.25. The number of halogens is 1. The van der Waals surface area contributed by atoms with Crippen molar-refractivity contribution in [3.8, 4) is 0 Å². The number of hydrogen-bond acceptors (Lipinski definition) is 1. The zero-order valence-electron chi connectivity index (χ0n) is 12.8. The van der Waals surface area contributed by atoms with E-state index in [0.717, 1.165) is 22.9 Å². The van der Waals surface area contributed by atoms with Gasteiger partial charge in [0, 0.05) is 29.7 Å². The highest BCUT2D eigenvalue weighted by molar-refractivity contribution is 5.83. The first-order valence-corrected chi connectivity index (χ1v) is 7.93. The number of carbonyl (C=O) groups excluding carboxylic acids is 1. The van der Waals surface area contributed by atoms with Gasteiger partial charge in [0.15, 0.2) is 0 Å². The number of aromatic amines is 1. The molecule has 0 radical (unpaired) electrons. The van der Waals surface area contributed by atoms with Gasteiger partial charge < -0.3 is 15.6 Å². The van der Waals surface area contributed by atoms with Gasteiger partial charge in [-0.1, -0.05) is 13.3 Å². The first kappa shape index (κ1) is 14.9. The summed E-state index contributed by atoms with van der Waals surface area (Å²) in [5, 5.41) is 6.81. The van der Waals surface area contributed by atoms with E-state index >= 15 is 0 Å². The van der Waals surface area contributed by atoms with E-state index < -0.39 is 0 Å². The van der Waals surface area contributed by atoms with Gasteiger partial charge in [0.2, 0.25) is 0 Å². The quantitative estimate of drug-likeness (QED) is 0.797. The summed E-state index contributed by atoms with van der Waals surface area (Å²) in [6.07, 6.45) is 6.00. The van der Waals surface area contributed by atoms with E-state index in [-0.39, 0.29) is 11.8 Å². The lowest BCUT2D eigenvalue weighted by Gasteiger charge is -2.17. The van der Waals surface area contributed by atoms with Crippen molar-refractivity contribution in [2.45, 2.75) is 38.6 Å². The van der Waals surface area contributed by atoms with Gasteiger partial charge >= 0.3 is 6.03 Å². The van der Waals surface area contributed by atoms with Crippen molar-refractivity contribution in [2.24, 2.45) is 5.92 Å². The molecule has 1 aliphatic carbocycles. The monoisotopic (exact) mass is 303 g/mol. The van der Waals surface area contributed by atoms with E-state index in [1.807, 2.05) is 6.20 Å². The van der Waals surface area contributed by atoms with E-state index in [0.29, 0.717) is 24.9 Å². The number of carbonyl (C=O) groups is 1. The molecule has 22 heavy (non-hydrogen) atoms. The third-order valence-electron chi connectivity index (χ3n) is 4.59. The second-order valence-electron chi connectivity index (χ2n) is 6.17. The molecule has 5 heteroatoms. The molecule has 4 nitrogen and oxygen atoms in total. The molecule has 2 amide bonds. The Morgan fingerprint density at radius 3 is 3.05 bits per heavy atom. The number of amides is 2. The normalized spacial score (nSPS) is 21.2. The maximum Gasteiger partial charge on any atom is 0.315 e. The van der Waals surface area contributed by atoms with Gasteiger partial charge in [-0.2, -0.15) is 0 Å². The molecule has 1 aromatic heterocycles. The van der Waals surface area contributed by atoms with Crippen LogP contribution in [0.15, 0.2) is 24.4 Å². The molecule has 3 N–H and O–H groups in total. The standard InChI is InChI=1S/C17H22FN3O/c1-11-3-2-4-15(11)21-17(22)19-8-7-12-10-20-16-6-5-13(18)9-14(12)16/h5-6,9-11,15,20H,2-4,7-8H2,1H3,(H2,19,21,22). The number of benzene rings is 1. The summed E-state index contributed by atoms with van der Waals surface area (Å²) in [6.45, 7) is 2.72. The molecule has 0 spiro atoms. The number of nitrogens with one attached hydrogen (secondary N) is 3. The van der Waals surface area contributed by atoms with Crippen LogP contribution in [-0.2, 0) is 6.42 Å². The van der Waals surface area contributed by atoms with Crippen molar-refractivity contribution in [1.82, 2.24) is 15.6 Å². The van der Waals surface area contributed by atoms with Crippen molar-refractivity contribution >= 4 is 16.9 Å². The number of urea groups is 1. The van der Waals surface area contributed by atoms with Crippen molar-refractivity contribution in [1.29, 1.82) is 0 Å². The SMILES string of the molecule is CC1CCCC1NC(=O)NCCc1c[nH]c2ccc(F)cc12. The van der Waals surface area contributed by atoms with Crippen LogP contribution in [0.3, 0.4) is 0 Å². The van der Waals surface area contributed by atoms with Crippen LogP contribution < -0.4 is 10.6 Å². The van der Waals surface area contributed by atoms with E-state index in [1.54, 1.807) is 6.07 Å². The van der Waals surface area contributed by atoms with Crippen molar-refractivity contribution in [2.75, 3.05) is 6.54 Å². The van der Waals surface area contributed by atoms with Crippen LogP contribution in [-0.4, -0.2) is 23.6 Å². The number of aromatic nitrogens is 1. The largest absolute Gasteiger partial charge is 0.361 e. The van der Waals surface area contributed by atoms with E-state index in [4.69, 9.17) is 0 Å². The number of fused-ring (bicyclic) bond motifs is 1. The summed E-state index contributed by atoms with van der Waals surface area (Å²) in [5.41, 5.74) is 1.93. The van der Waals surface area contributed by atoms with Gasteiger partial charge in [0.25, 0.3) is 0 Å². The fraction of sp³-hybridized carbons (Fsp3) is 0.471. The molecule has 1 heterocycles. The molecule has 118 valence electrons. The van der Waals surface area contributed by atoms with Crippen molar-refractivity contribution < 1.29 is 9.18 Å². The van der Waals surface area contributed by atoms with Crippen LogP contribution in [0.25, 0.3) is 10.9 Å². The second kappa shape index (κ2) is 6.38. The predicted octanol–water partition coefficient (Wildman–Crippen LogP) is 3.34. The van der Waals surface area contributed by atoms with Crippen molar-refractivity contribution in [3.05, 3.63) is 35.8 Å². The minimum Gasteiger partial charge on any atom is -0.361 e. The lowest BCUT2D eigenvalue weighted by Crippen LogP contribution is -2.43. The fourth-order valence-electron chi connectivity index (χ4n) is 3.25. The first-order valence-electron chi connectivity index (χ1n) is 7.93. The summed E-state index contributed by atoms with van der Waals surface area (Å²) in [4.78, 5) is 15.0. The van der Waals surface area contributed by atoms with Gasteiger partial charge in [-0.15, -0.1) is 0 Å². The topological polar surface area (TPSA) is 56.9 Å². The predicted molar refractivity (Wildman–Crippen MR) is 85.3 cm³/mol. The molecule has 2 atom stereocenters. The Hall–Kier alpha value is -2.04. The van der Waals surface area contributed by atoms with Gasteiger partial charge in [-0.25, -0.2) is 9.18 Å². The van der Waals surface area contributed by atoms with Gasteiger partial charge in [0.1, 0.15) is 5.82 Å². The molecule has 3 rings (SSSR count). The minimum absolute atomic E-state index is 0.107. The number of hydrogen-bond donors (Lipinski definition) is 3. The molecule has 1 saturated carbocycles. The lowest BCUT2D eigenvalue weighted by atomic mass is 10.1. The third kappa shape index (κ3) is 3.24. The van der Waals surface area contributed by atoms with Gasteiger partial charge in [-0.05, 0) is 48.9 Å². The Kier molecular flexibility index (Phi) is 4.32. The maximum absolute atomic E-state index is 13.3. The Balaban J connectivity index is 1.51. The molecule has 1 aromatic carbocycles. The van der Waals surface area contributed by atoms with Crippen LogP contribution >= 0.6 is 0 Å². The Morgan fingerprint density at radius 1 is 1.41 bits per heavy atom. The highest BCUT2D eigenvalue weighted by Gasteiger charge is 2.24. The minimum atomic E-state index is -0.241. The smallest absolute Gasteiger partial charge is 0.315 e. The molecule has 1 fully saturated rings. The molecule has 2 unspecified atom stereocenters. The highest BCUT2D eigenvalue weighted by Crippen LogP contribution is 2.24. The highest BCUT2D eigenvalue weighted by atomic mass is 19.1. The summed E-state index contributed by atoms with van der Waals surface area (Å²) in [5.74, 6) is 0.316. The average molecular weight is 303 g/mol. The summed E-state index contributed by atoms with van der Waals surface area (Å²) in [6, 6.07) is 4.89. The number of rotatable bonds is 4. The molecular weight excluding hydrogens is 281 g/mol. The van der Waals surface area contributed by atoms with Crippen LogP contribution in [0.1, 0.15) is 31.7 Å². The van der Waals surface area contributed by atoms with Crippen LogP contribution in [0, 0.1) is 11.7 Å². The number of H-pyrrole nitrogens is 1.